The second-order valence-corrected chi connectivity index (χ2v) is 5.29. The van der Waals surface area contributed by atoms with Crippen molar-refractivity contribution in [2.75, 3.05) is 19.6 Å². The van der Waals surface area contributed by atoms with Crippen LogP contribution in [0.2, 0.25) is 0 Å². The summed E-state index contributed by atoms with van der Waals surface area (Å²) in [5.41, 5.74) is 2.23. The highest BCUT2D eigenvalue weighted by molar-refractivity contribution is 5.17. The zero-order chi connectivity index (χ0) is 14.7. The predicted molar refractivity (Wildman–Crippen MR) is 77.7 cm³/mol. The molecule has 0 fully saturated rings. The summed E-state index contributed by atoms with van der Waals surface area (Å²) in [7, 11) is 0. The van der Waals surface area contributed by atoms with E-state index in [1.807, 2.05) is 0 Å². The Kier molecular flexibility index (Phi) is 4.31. The lowest BCUT2D eigenvalue weighted by Crippen LogP contribution is -2.29. The number of aromatic nitrogens is 4. The lowest BCUT2D eigenvalue weighted by molar-refractivity contribution is 0.299. The molecule has 1 atom stereocenters. The van der Waals surface area contributed by atoms with Gasteiger partial charge in [-0.2, -0.15) is 4.98 Å². The van der Waals surface area contributed by atoms with Crippen molar-refractivity contribution in [2.45, 2.75) is 39.3 Å². The van der Waals surface area contributed by atoms with Gasteiger partial charge < -0.3 is 14.4 Å². The number of aromatic amines is 1. The second kappa shape index (κ2) is 6.36. The van der Waals surface area contributed by atoms with Crippen molar-refractivity contribution >= 4 is 0 Å². The second-order valence-electron chi connectivity index (χ2n) is 5.29. The van der Waals surface area contributed by atoms with Gasteiger partial charge >= 0.3 is 0 Å². The highest BCUT2D eigenvalue weighted by atomic mass is 16.5. The zero-order valence-electron chi connectivity index (χ0n) is 12.6. The molecule has 1 unspecified atom stereocenters. The lowest BCUT2D eigenvalue weighted by atomic mass is 10.1. The molecular formula is C14H22N6O. The summed E-state index contributed by atoms with van der Waals surface area (Å²) < 4.78 is 5.42. The Bertz CT molecular complexity index is 574. The average Bonchev–Trinajstić information content (AvgIpc) is 3.16. The first kappa shape index (κ1) is 14.2. The molecule has 0 saturated carbocycles. The first-order valence-electron chi connectivity index (χ1n) is 7.59. The van der Waals surface area contributed by atoms with E-state index in [1.165, 1.54) is 0 Å². The summed E-state index contributed by atoms with van der Waals surface area (Å²) in [6.07, 6.45) is 3.35. The van der Waals surface area contributed by atoms with Gasteiger partial charge in [-0.15, -0.1) is 0 Å². The van der Waals surface area contributed by atoms with E-state index in [9.17, 15) is 0 Å². The van der Waals surface area contributed by atoms with Crippen LogP contribution in [0.4, 0.5) is 0 Å². The van der Waals surface area contributed by atoms with Gasteiger partial charge in [-0.1, -0.05) is 19.0 Å². The molecule has 0 spiro atoms. The number of imidazole rings is 1. The normalized spacial score (nSPS) is 18.1. The molecule has 0 radical (unpaired) electrons. The monoisotopic (exact) mass is 290 g/mol. The summed E-state index contributed by atoms with van der Waals surface area (Å²) in [5, 5.41) is 7.49. The van der Waals surface area contributed by atoms with Gasteiger partial charge in [0.2, 0.25) is 5.89 Å². The Morgan fingerprint density at radius 2 is 2.24 bits per heavy atom. The van der Waals surface area contributed by atoms with E-state index in [0.717, 1.165) is 56.2 Å². The molecule has 2 aromatic rings. The van der Waals surface area contributed by atoms with Gasteiger partial charge in [0, 0.05) is 25.9 Å². The Labute approximate surface area is 124 Å². The minimum atomic E-state index is 0.0653. The summed E-state index contributed by atoms with van der Waals surface area (Å²) in [6.45, 7) is 8.16. The van der Waals surface area contributed by atoms with Gasteiger partial charge in [-0.05, 0) is 13.1 Å². The fraction of sp³-hybridized carbons (Fsp3) is 0.643. The van der Waals surface area contributed by atoms with Crippen molar-refractivity contribution in [3.8, 4) is 0 Å². The minimum absolute atomic E-state index is 0.0653. The Balaban J connectivity index is 1.60. The topological polar surface area (TPSA) is 82.9 Å². The summed E-state index contributed by atoms with van der Waals surface area (Å²) in [4.78, 5) is 14.3. The predicted octanol–water partition coefficient (Wildman–Crippen LogP) is 1.06. The van der Waals surface area contributed by atoms with Crippen LogP contribution < -0.4 is 5.32 Å². The fourth-order valence-corrected chi connectivity index (χ4v) is 2.65. The highest BCUT2D eigenvalue weighted by Crippen LogP contribution is 2.22. The Morgan fingerprint density at radius 3 is 3.05 bits per heavy atom. The van der Waals surface area contributed by atoms with Crippen LogP contribution in [0.15, 0.2) is 10.9 Å². The molecule has 0 bridgehead atoms. The largest absolute Gasteiger partial charge is 0.347 e. The van der Waals surface area contributed by atoms with Crippen molar-refractivity contribution < 1.29 is 4.52 Å². The van der Waals surface area contributed by atoms with Gasteiger partial charge in [-0.25, -0.2) is 4.98 Å². The number of hydrogen-bond donors (Lipinski definition) is 2. The summed E-state index contributed by atoms with van der Waals surface area (Å²) >= 11 is 0. The Morgan fingerprint density at radius 1 is 1.38 bits per heavy atom. The maximum Gasteiger partial charge on any atom is 0.244 e. The van der Waals surface area contributed by atoms with Crippen LogP contribution in [0.5, 0.6) is 0 Å². The smallest absolute Gasteiger partial charge is 0.244 e. The molecule has 7 nitrogen and oxygen atoms in total. The maximum absolute atomic E-state index is 5.42. The number of nitrogens with zero attached hydrogens (tertiary/aromatic N) is 4. The Hall–Kier alpha value is -1.73. The van der Waals surface area contributed by atoms with Gasteiger partial charge in [-0.3, -0.25) is 5.32 Å². The third-order valence-electron chi connectivity index (χ3n) is 4.06. The van der Waals surface area contributed by atoms with E-state index in [1.54, 1.807) is 6.33 Å². The maximum atomic E-state index is 5.42. The molecule has 21 heavy (non-hydrogen) atoms. The van der Waals surface area contributed by atoms with E-state index in [0.29, 0.717) is 5.89 Å². The standard InChI is InChI=1S/C14H22N6O/c1-3-20(4-2)6-5-13-18-14(21-19-13)11-7-10-12(8-15-11)17-9-16-10/h9,11,15H,3-8H2,1-2H3,(H,16,17). The van der Waals surface area contributed by atoms with Crippen molar-refractivity contribution in [1.29, 1.82) is 0 Å². The number of hydrogen-bond acceptors (Lipinski definition) is 6. The number of fused-ring (bicyclic) bond motifs is 1. The SMILES string of the molecule is CCN(CC)CCc1noc(C2Cc3nc[nH]c3CN2)n1. The fourth-order valence-electron chi connectivity index (χ4n) is 2.65. The van der Waals surface area contributed by atoms with Crippen LogP contribution in [0.3, 0.4) is 0 Å². The van der Waals surface area contributed by atoms with Gasteiger partial charge in [0.15, 0.2) is 5.82 Å². The zero-order valence-corrected chi connectivity index (χ0v) is 12.6. The van der Waals surface area contributed by atoms with E-state index < -0.39 is 0 Å². The number of nitrogens with one attached hydrogen (secondary N) is 2. The molecular weight excluding hydrogens is 268 g/mol. The molecule has 114 valence electrons. The quantitative estimate of drug-likeness (QED) is 0.828. The molecule has 2 aromatic heterocycles. The van der Waals surface area contributed by atoms with Crippen LogP contribution in [-0.4, -0.2) is 44.6 Å². The van der Waals surface area contributed by atoms with Crippen molar-refractivity contribution in [3.05, 3.63) is 29.4 Å². The molecule has 0 saturated heterocycles. The summed E-state index contributed by atoms with van der Waals surface area (Å²) in [5.74, 6) is 1.45. The number of H-pyrrole nitrogens is 1. The van der Waals surface area contributed by atoms with E-state index in [-0.39, 0.29) is 6.04 Å². The van der Waals surface area contributed by atoms with E-state index in [4.69, 9.17) is 4.52 Å². The summed E-state index contributed by atoms with van der Waals surface area (Å²) in [6, 6.07) is 0.0653. The van der Waals surface area contributed by atoms with Gasteiger partial charge in [0.25, 0.3) is 0 Å². The molecule has 7 heteroatoms. The van der Waals surface area contributed by atoms with Crippen molar-refractivity contribution in [2.24, 2.45) is 0 Å². The molecule has 3 heterocycles. The van der Waals surface area contributed by atoms with Crippen LogP contribution >= 0.6 is 0 Å². The molecule has 0 amide bonds. The van der Waals surface area contributed by atoms with Crippen molar-refractivity contribution in [3.63, 3.8) is 0 Å². The number of likely N-dealkylation sites (N-methyl/N-ethyl adjacent to an activating group) is 1. The van der Waals surface area contributed by atoms with Gasteiger partial charge in [0.1, 0.15) is 0 Å². The third kappa shape index (κ3) is 3.14. The third-order valence-corrected chi connectivity index (χ3v) is 4.06. The van der Waals surface area contributed by atoms with Crippen molar-refractivity contribution in [1.82, 2.24) is 30.3 Å². The lowest BCUT2D eigenvalue weighted by Gasteiger charge is -2.19. The molecule has 0 aromatic carbocycles. The first-order chi connectivity index (χ1) is 10.3. The van der Waals surface area contributed by atoms with Crippen LogP contribution in [-0.2, 0) is 19.4 Å². The molecule has 2 N–H and O–H groups in total. The van der Waals surface area contributed by atoms with Gasteiger partial charge in [0.05, 0.1) is 23.8 Å². The van der Waals surface area contributed by atoms with E-state index >= 15 is 0 Å². The molecule has 1 aliphatic heterocycles. The average molecular weight is 290 g/mol. The molecule has 0 aliphatic carbocycles. The van der Waals surface area contributed by atoms with Crippen LogP contribution in [0, 0.1) is 0 Å². The first-order valence-corrected chi connectivity index (χ1v) is 7.59. The van der Waals surface area contributed by atoms with E-state index in [2.05, 4.69) is 44.2 Å². The highest BCUT2D eigenvalue weighted by Gasteiger charge is 2.25. The van der Waals surface area contributed by atoms with Crippen LogP contribution in [0.25, 0.3) is 0 Å². The molecule has 1 aliphatic rings. The number of rotatable bonds is 6. The minimum Gasteiger partial charge on any atom is -0.347 e. The molecule has 3 rings (SSSR count). The van der Waals surface area contributed by atoms with Crippen LogP contribution in [0.1, 0.15) is 43.0 Å².